The number of sulfonamides is 1. The first-order valence-electron chi connectivity index (χ1n) is 5.80. The highest BCUT2D eigenvalue weighted by atomic mass is 32.2. The molecule has 0 fully saturated rings. The van der Waals surface area contributed by atoms with Crippen LogP contribution in [0, 0.1) is 0 Å². The van der Waals surface area contributed by atoms with E-state index in [1.807, 2.05) is 11.9 Å². The molecule has 0 saturated heterocycles. The Kier molecular flexibility index (Phi) is 5.13. The van der Waals surface area contributed by atoms with E-state index in [1.54, 1.807) is 31.2 Å². The molecule has 1 aromatic rings. The number of aliphatic hydroxyl groups excluding tert-OH is 1. The van der Waals surface area contributed by atoms with Crippen LogP contribution in [0.2, 0.25) is 0 Å². The van der Waals surface area contributed by atoms with Crippen LogP contribution in [0.3, 0.4) is 0 Å². The number of nitrogens with one attached hydrogen (secondary N) is 1. The van der Waals surface area contributed by atoms with Gasteiger partial charge in [-0.25, -0.2) is 13.1 Å². The number of hydrogen-bond donors (Lipinski definition) is 2. The zero-order valence-electron chi connectivity index (χ0n) is 10.9. The van der Waals surface area contributed by atoms with Gasteiger partial charge in [-0.05, 0) is 32.5 Å². The summed E-state index contributed by atoms with van der Waals surface area (Å²) in [5.74, 6) is 0. The van der Waals surface area contributed by atoms with Crippen molar-refractivity contribution < 1.29 is 13.5 Å². The minimum Gasteiger partial charge on any atom is -0.393 e. The zero-order chi connectivity index (χ0) is 13.8. The molecule has 1 aromatic carbocycles. The van der Waals surface area contributed by atoms with Crippen molar-refractivity contribution in [2.24, 2.45) is 0 Å². The Balaban J connectivity index is 3.02. The molecule has 1 unspecified atom stereocenters. The van der Waals surface area contributed by atoms with Crippen LogP contribution in [0.25, 0.3) is 0 Å². The molecular formula is C12H20N2O3S. The fourth-order valence-electron chi connectivity index (χ4n) is 1.61. The van der Waals surface area contributed by atoms with Gasteiger partial charge in [-0.15, -0.1) is 0 Å². The number of para-hydroxylation sites is 1. The van der Waals surface area contributed by atoms with E-state index in [4.69, 9.17) is 0 Å². The molecule has 0 aliphatic rings. The highest BCUT2D eigenvalue weighted by molar-refractivity contribution is 7.89. The van der Waals surface area contributed by atoms with E-state index in [9.17, 15) is 13.5 Å². The van der Waals surface area contributed by atoms with Crippen molar-refractivity contribution in [3.05, 3.63) is 24.3 Å². The third kappa shape index (κ3) is 3.69. The molecule has 5 nitrogen and oxygen atoms in total. The van der Waals surface area contributed by atoms with E-state index in [1.165, 1.54) is 7.05 Å². The van der Waals surface area contributed by atoms with Gasteiger partial charge in [0.15, 0.2) is 0 Å². The quantitative estimate of drug-likeness (QED) is 0.804. The molecule has 102 valence electrons. The Labute approximate surface area is 108 Å². The summed E-state index contributed by atoms with van der Waals surface area (Å²) in [6.07, 6.45) is 0.185. The first-order chi connectivity index (χ1) is 8.38. The minimum absolute atomic E-state index is 0.251. The zero-order valence-corrected chi connectivity index (χ0v) is 11.7. The predicted octanol–water partition coefficient (Wildman–Crippen LogP) is 0.802. The third-order valence-corrected chi connectivity index (χ3v) is 4.18. The summed E-state index contributed by atoms with van der Waals surface area (Å²) in [5, 5.41) is 9.27. The molecule has 0 saturated carbocycles. The topological polar surface area (TPSA) is 69.6 Å². The maximum absolute atomic E-state index is 11.9. The lowest BCUT2D eigenvalue weighted by Gasteiger charge is -2.22. The molecule has 0 radical (unpaired) electrons. The Morgan fingerprint density at radius 2 is 2.00 bits per heavy atom. The summed E-state index contributed by atoms with van der Waals surface area (Å²) in [6, 6.07) is 6.81. The average Bonchev–Trinajstić information content (AvgIpc) is 2.36. The number of rotatable bonds is 6. The molecule has 0 aliphatic carbocycles. The molecule has 0 spiro atoms. The molecule has 0 aromatic heterocycles. The van der Waals surface area contributed by atoms with Gasteiger partial charge in [-0.2, -0.15) is 0 Å². The largest absolute Gasteiger partial charge is 0.393 e. The number of hydrogen-bond acceptors (Lipinski definition) is 4. The molecule has 2 N–H and O–H groups in total. The van der Waals surface area contributed by atoms with Crippen LogP contribution in [-0.4, -0.2) is 40.3 Å². The third-order valence-electron chi connectivity index (χ3n) is 2.72. The van der Waals surface area contributed by atoms with Gasteiger partial charge in [0.05, 0.1) is 11.8 Å². The first-order valence-corrected chi connectivity index (χ1v) is 7.28. The minimum atomic E-state index is -3.47. The van der Waals surface area contributed by atoms with Gasteiger partial charge < -0.3 is 10.0 Å². The van der Waals surface area contributed by atoms with Gasteiger partial charge in [0.1, 0.15) is 4.90 Å². The van der Waals surface area contributed by atoms with Crippen LogP contribution in [-0.2, 0) is 10.0 Å². The summed E-state index contributed by atoms with van der Waals surface area (Å²) in [6.45, 7) is 2.30. The number of benzene rings is 1. The number of aliphatic hydroxyl groups is 1. The second-order valence-electron chi connectivity index (χ2n) is 4.23. The van der Waals surface area contributed by atoms with E-state index in [0.29, 0.717) is 18.7 Å². The standard InChI is InChI=1S/C12H20N2O3S/c1-10(15)8-9-14(3)11-6-4-5-7-12(11)18(16,17)13-2/h4-7,10,13,15H,8-9H2,1-3H3. The number of nitrogens with zero attached hydrogens (tertiary/aromatic N) is 1. The molecule has 18 heavy (non-hydrogen) atoms. The molecular weight excluding hydrogens is 252 g/mol. The molecule has 0 aliphatic heterocycles. The van der Waals surface area contributed by atoms with E-state index in [0.717, 1.165) is 0 Å². The fraction of sp³-hybridized carbons (Fsp3) is 0.500. The summed E-state index contributed by atoms with van der Waals surface area (Å²) in [7, 11) is -0.264. The van der Waals surface area contributed by atoms with Gasteiger partial charge in [0.2, 0.25) is 10.0 Å². The maximum atomic E-state index is 11.9. The van der Waals surface area contributed by atoms with Crippen LogP contribution in [0.4, 0.5) is 5.69 Å². The SMILES string of the molecule is CNS(=O)(=O)c1ccccc1N(C)CCC(C)O. The molecule has 1 atom stereocenters. The summed E-state index contributed by atoms with van der Waals surface area (Å²) >= 11 is 0. The van der Waals surface area contributed by atoms with Crippen molar-refractivity contribution in [3.8, 4) is 0 Å². The van der Waals surface area contributed by atoms with Crippen LogP contribution < -0.4 is 9.62 Å². The molecule has 6 heteroatoms. The lowest BCUT2D eigenvalue weighted by molar-refractivity contribution is 0.187. The Morgan fingerprint density at radius 3 is 2.56 bits per heavy atom. The second-order valence-corrected chi connectivity index (χ2v) is 6.09. The Hall–Kier alpha value is -1.11. The van der Waals surface area contributed by atoms with Crippen molar-refractivity contribution in [3.63, 3.8) is 0 Å². The van der Waals surface area contributed by atoms with Gasteiger partial charge in [-0.1, -0.05) is 12.1 Å². The van der Waals surface area contributed by atoms with Gasteiger partial charge in [0.25, 0.3) is 0 Å². The number of anilines is 1. The van der Waals surface area contributed by atoms with Crippen molar-refractivity contribution >= 4 is 15.7 Å². The van der Waals surface area contributed by atoms with Crippen molar-refractivity contribution in [2.75, 3.05) is 25.5 Å². The fourth-order valence-corrected chi connectivity index (χ4v) is 2.59. The Morgan fingerprint density at radius 1 is 1.39 bits per heavy atom. The predicted molar refractivity (Wildman–Crippen MR) is 72.3 cm³/mol. The summed E-state index contributed by atoms with van der Waals surface area (Å²) in [5.41, 5.74) is 0.632. The van der Waals surface area contributed by atoms with E-state index < -0.39 is 16.1 Å². The summed E-state index contributed by atoms with van der Waals surface area (Å²) in [4.78, 5) is 2.08. The average molecular weight is 272 g/mol. The highest BCUT2D eigenvalue weighted by Crippen LogP contribution is 2.23. The first kappa shape index (κ1) is 14.9. The lowest BCUT2D eigenvalue weighted by Crippen LogP contribution is -2.26. The van der Waals surface area contributed by atoms with Crippen LogP contribution >= 0.6 is 0 Å². The summed E-state index contributed by atoms with van der Waals surface area (Å²) < 4.78 is 26.1. The van der Waals surface area contributed by atoms with Crippen LogP contribution in [0.5, 0.6) is 0 Å². The van der Waals surface area contributed by atoms with E-state index in [-0.39, 0.29) is 4.90 Å². The molecule has 0 bridgehead atoms. The molecule has 0 amide bonds. The van der Waals surface area contributed by atoms with Crippen molar-refractivity contribution in [1.29, 1.82) is 0 Å². The lowest BCUT2D eigenvalue weighted by atomic mass is 10.2. The van der Waals surface area contributed by atoms with Gasteiger partial charge in [0, 0.05) is 13.6 Å². The van der Waals surface area contributed by atoms with Crippen molar-refractivity contribution in [1.82, 2.24) is 4.72 Å². The van der Waals surface area contributed by atoms with Crippen LogP contribution in [0.1, 0.15) is 13.3 Å². The molecule has 1 rings (SSSR count). The normalized spacial score (nSPS) is 13.3. The van der Waals surface area contributed by atoms with Gasteiger partial charge >= 0.3 is 0 Å². The van der Waals surface area contributed by atoms with Crippen LogP contribution in [0.15, 0.2) is 29.2 Å². The maximum Gasteiger partial charge on any atom is 0.242 e. The molecule has 0 heterocycles. The highest BCUT2D eigenvalue weighted by Gasteiger charge is 2.18. The van der Waals surface area contributed by atoms with E-state index >= 15 is 0 Å². The van der Waals surface area contributed by atoms with E-state index in [2.05, 4.69) is 4.72 Å². The van der Waals surface area contributed by atoms with Crippen molar-refractivity contribution in [2.45, 2.75) is 24.3 Å². The smallest absolute Gasteiger partial charge is 0.242 e. The monoisotopic (exact) mass is 272 g/mol. The Bertz CT molecular complexity index is 486. The second kappa shape index (κ2) is 6.17. The van der Waals surface area contributed by atoms with Gasteiger partial charge in [-0.3, -0.25) is 0 Å².